The van der Waals surface area contributed by atoms with Crippen LogP contribution in [0.15, 0.2) is 4.34 Å². The molecule has 0 atom stereocenters. The molecule has 0 aliphatic heterocycles. The largest absolute Gasteiger partial charge is 0.481 e. The lowest BCUT2D eigenvalue weighted by Crippen LogP contribution is -2.11. The fourth-order valence-corrected chi connectivity index (χ4v) is 3.62. The Kier molecular flexibility index (Phi) is 4.68. The Morgan fingerprint density at radius 2 is 2.05 bits per heavy atom. The number of carboxylic acids is 1. The zero-order chi connectivity index (χ0) is 14.7. The van der Waals surface area contributed by atoms with E-state index in [1.54, 1.807) is 6.92 Å². The lowest BCUT2D eigenvalue weighted by atomic mass is 10.4. The number of thioether (sulfide) groups is 1. The molecule has 0 aliphatic rings. The van der Waals surface area contributed by atoms with Crippen molar-refractivity contribution < 1.29 is 14.7 Å². The van der Waals surface area contributed by atoms with E-state index in [1.807, 2.05) is 6.92 Å². The van der Waals surface area contributed by atoms with Crippen molar-refractivity contribution in [2.24, 2.45) is 0 Å². The van der Waals surface area contributed by atoms with Crippen LogP contribution in [0.1, 0.15) is 20.4 Å². The van der Waals surface area contributed by atoms with Gasteiger partial charge in [0.15, 0.2) is 4.34 Å². The molecule has 0 unspecified atom stereocenters. The molecular weight excluding hydrogens is 320 g/mol. The smallest absolute Gasteiger partial charge is 0.313 e. The molecule has 2 heterocycles. The van der Waals surface area contributed by atoms with Gasteiger partial charge in [0.2, 0.25) is 5.13 Å². The minimum atomic E-state index is -0.924. The number of aromatic nitrogens is 3. The van der Waals surface area contributed by atoms with Crippen LogP contribution in [0.25, 0.3) is 0 Å². The summed E-state index contributed by atoms with van der Waals surface area (Å²) in [5, 5.41) is 20.0. The van der Waals surface area contributed by atoms with E-state index in [-0.39, 0.29) is 11.7 Å². The average molecular weight is 330 g/mol. The van der Waals surface area contributed by atoms with Crippen molar-refractivity contribution in [3.8, 4) is 0 Å². The average Bonchev–Trinajstić information content (AvgIpc) is 2.93. The van der Waals surface area contributed by atoms with Gasteiger partial charge in [0.25, 0.3) is 5.91 Å². The molecule has 0 saturated heterocycles. The highest BCUT2D eigenvalue weighted by molar-refractivity contribution is 8.01. The Morgan fingerprint density at radius 1 is 1.30 bits per heavy atom. The van der Waals surface area contributed by atoms with Gasteiger partial charge in [-0.3, -0.25) is 14.9 Å². The maximum Gasteiger partial charge on any atom is 0.313 e. The molecule has 0 fully saturated rings. The van der Waals surface area contributed by atoms with E-state index in [2.05, 4.69) is 20.5 Å². The number of thiazole rings is 1. The number of aryl methyl sites for hydroxylation is 2. The third kappa shape index (κ3) is 3.74. The summed E-state index contributed by atoms with van der Waals surface area (Å²) in [6.07, 6.45) is 0. The predicted molar refractivity (Wildman–Crippen MR) is 77.8 cm³/mol. The summed E-state index contributed by atoms with van der Waals surface area (Å²) >= 11 is 3.52. The van der Waals surface area contributed by atoms with E-state index in [4.69, 9.17) is 5.11 Å². The molecule has 2 N–H and O–H groups in total. The molecule has 0 saturated carbocycles. The van der Waals surface area contributed by atoms with Crippen LogP contribution >= 0.6 is 34.4 Å². The summed E-state index contributed by atoms with van der Waals surface area (Å²) in [4.78, 5) is 27.2. The van der Waals surface area contributed by atoms with Crippen molar-refractivity contribution in [2.75, 3.05) is 11.1 Å². The number of rotatable bonds is 5. The second kappa shape index (κ2) is 6.29. The van der Waals surface area contributed by atoms with Crippen molar-refractivity contribution in [2.45, 2.75) is 18.2 Å². The quantitative estimate of drug-likeness (QED) is 0.638. The number of carboxylic acid groups (broad SMARTS) is 1. The van der Waals surface area contributed by atoms with Crippen LogP contribution in [0.4, 0.5) is 5.13 Å². The molecule has 20 heavy (non-hydrogen) atoms. The van der Waals surface area contributed by atoms with Crippen molar-refractivity contribution in [1.82, 2.24) is 15.2 Å². The molecule has 1 amide bonds. The number of nitrogens with zero attached hydrogens (tertiary/aromatic N) is 3. The van der Waals surface area contributed by atoms with Crippen LogP contribution in [0.2, 0.25) is 0 Å². The minimum absolute atomic E-state index is 0.0876. The topological polar surface area (TPSA) is 105 Å². The first kappa shape index (κ1) is 14.9. The molecule has 2 rings (SSSR count). The van der Waals surface area contributed by atoms with Gasteiger partial charge in [0.1, 0.15) is 4.88 Å². The molecule has 106 valence electrons. The highest BCUT2D eigenvalue weighted by Crippen LogP contribution is 2.26. The van der Waals surface area contributed by atoms with Gasteiger partial charge < -0.3 is 5.11 Å². The van der Waals surface area contributed by atoms with Crippen molar-refractivity contribution in [3.63, 3.8) is 0 Å². The Morgan fingerprint density at radius 3 is 2.65 bits per heavy atom. The SMILES string of the molecule is Cc1nc(C)c(C(=O)Nc2nnc(SCC(=O)O)s2)s1. The van der Waals surface area contributed by atoms with Crippen LogP contribution in [0, 0.1) is 13.8 Å². The van der Waals surface area contributed by atoms with Crippen molar-refractivity contribution in [1.29, 1.82) is 0 Å². The number of hydrogen-bond donors (Lipinski definition) is 2. The van der Waals surface area contributed by atoms with Crippen molar-refractivity contribution in [3.05, 3.63) is 15.6 Å². The van der Waals surface area contributed by atoms with Gasteiger partial charge in [-0.05, 0) is 13.8 Å². The van der Waals surface area contributed by atoms with Crippen LogP contribution < -0.4 is 5.32 Å². The summed E-state index contributed by atoms with van der Waals surface area (Å²) in [5.41, 5.74) is 0.676. The Labute approximate surface area is 126 Å². The van der Waals surface area contributed by atoms with Gasteiger partial charge in [-0.15, -0.1) is 21.5 Å². The Balaban J connectivity index is 2.01. The van der Waals surface area contributed by atoms with Gasteiger partial charge in [-0.2, -0.15) is 0 Å². The number of carbonyl (C=O) groups is 2. The summed E-state index contributed by atoms with van der Waals surface area (Å²) < 4.78 is 0.500. The Bertz CT molecular complexity index is 652. The number of nitrogens with one attached hydrogen (secondary N) is 1. The first-order valence-electron chi connectivity index (χ1n) is 5.39. The summed E-state index contributed by atoms with van der Waals surface area (Å²) in [6.45, 7) is 3.60. The first-order chi connectivity index (χ1) is 9.45. The summed E-state index contributed by atoms with van der Waals surface area (Å²) in [5.74, 6) is -1.29. The van der Waals surface area contributed by atoms with Gasteiger partial charge in [0.05, 0.1) is 16.5 Å². The fraction of sp³-hybridized carbons (Fsp3) is 0.300. The second-order valence-electron chi connectivity index (χ2n) is 3.66. The molecule has 0 aromatic carbocycles. The lowest BCUT2D eigenvalue weighted by molar-refractivity contribution is -0.133. The third-order valence-corrected chi connectivity index (χ3v) is 5.08. The predicted octanol–water partition coefficient (Wildman–Crippen LogP) is 2.04. The molecular formula is C10H10N4O3S3. The summed E-state index contributed by atoms with van der Waals surface area (Å²) in [7, 11) is 0. The van der Waals surface area contributed by atoms with Gasteiger partial charge in [-0.25, -0.2) is 4.98 Å². The monoisotopic (exact) mass is 330 g/mol. The van der Waals surface area contributed by atoms with Crippen LogP contribution in [-0.2, 0) is 4.79 Å². The maximum absolute atomic E-state index is 12.0. The number of aliphatic carboxylic acids is 1. The first-order valence-corrected chi connectivity index (χ1v) is 8.01. The standard InChI is InChI=1S/C10H10N4O3S3/c1-4-7(19-5(2)11-4)8(17)12-9-13-14-10(20-9)18-3-6(15)16/h3H2,1-2H3,(H,15,16)(H,12,13,17). The van der Waals surface area contributed by atoms with E-state index in [9.17, 15) is 9.59 Å². The van der Waals surface area contributed by atoms with Crippen molar-refractivity contribution >= 4 is 51.4 Å². The minimum Gasteiger partial charge on any atom is -0.481 e. The van der Waals surface area contributed by atoms with Gasteiger partial charge >= 0.3 is 5.97 Å². The van der Waals surface area contributed by atoms with Crippen LogP contribution in [0.3, 0.4) is 0 Å². The van der Waals surface area contributed by atoms with Gasteiger partial charge in [-0.1, -0.05) is 23.1 Å². The van der Waals surface area contributed by atoms with E-state index in [0.29, 0.717) is 20.0 Å². The van der Waals surface area contributed by atoms with E-state index >= 15 is 0 Å². The molecule has 0 radical (unpaired) electrons. The third-order valence-electron chi connectivity index (χ3n) is 2.06. The zero-order valence-electron chi connectivity index (χ0n) is 10.5. The van der Waals surface area contributed by atoms with Gasteiger partial charge in [0, 0.05) is 0 Å². The highest BCUT2D eigenvalue weighted by atomic mass is 32.2. The second-order valence-corrected chi connectivity index (χ2v) is 7.06. The molecule has 2 aromatic heterocycles. The highest BCUT2D eigenvalue weighted by Gasteiger charge is 2.16. The zero-order valence-corrected chi connectivity index (χ0v) is 13.0. The molecule has 2 aromatic rings. The molecule has 0 bridgehead atoms. The van der Waals surface area contributed by atoms with Crippen LogP contribution in [0.5, 0.6) is 0 Å². The lowest BCUT2D eigenvalue weighted by Gasteiger charge is -1.97. The van der Waals surface area contributed by atoms with Crippen LogP contribution in [-0.4, -0.2) is 37.9 Å². The van der Waals surface area contributed by atoms with E-state index in [1.165, 1.54) is 11.3 Å². The maximum atomic E-state index is 12.0. The number of carbonyl (C=O) groups excluding carboxylic acids is 1. The van der Waals surface area contributed by atoms with E-state index < -0.39 is 5.97 Å². The molecule has 0 aliphatic carbocycles. The molecule has 7 nitrogen and oxygen atoms in total. The Hall–Kier alpha value is -1.52. The number of anilines is 1. The van der Waals surface area contributed by atoms with E-state index in [0.717, 1.165) is 28.1 Å². The number of amides is 1. The fourth-order valence-electron chi connectivity index (χ4n) is 1.34. The molecule has 0 spiro atoms. The normalized spacial score (nSPS) is 10.5. The number of hydrogen-bond acceptors (Lipinski definition) is 8. The summed E-state index contributed by atoms with van der Waals surface area (Å²) in [6, 6.07) is 0. The molecule has 10 heteroatoms.